The van der Waals surface area contributed by atoms with Crippen LogP contribution in [0.25, 0.3) is 0 Å². The van der Waals surface area contributed by atoms with Gasteiger partial charge in [-0.15, -0.1) is 0 Å². The van der Waals surface area contributed by atoms with Crippen LogP contribution in [0.3, 0.4) is 0 Å². The van der Waals surface area contributed by atoms with Gasteiger partial charge in [0.25, 0.3) is 0 Å². The SMILES string of the molecule is CCCNC(CC1CC1)C(OCC)OCC. The Labute approximate surface area is 99.9 Å². The molecular formula is C13H27NO2. The zero-order valence-electron chi connectivity index (χ0n) is 11.0. The summed E-state index contributed by atoms with van der Waals surface area (Å²) in [6.45, 7) is 8.74. The molecule has 1 unspecified atom stereocenters. The van der Waals surface area contributed by atoms with Gasteiger partial charge in [0.05, 0.1) is 6.04 Å². The van der Waals surface area contributed by atoms with Crippen LogP contribution in [0.15, 0.2) is 0 Å². The summed E-state index contributed by atoms with van der Waals surface area (Å²) in [5, 5.41) is 3.56. The third-order valence-electron chi connectivity index (χ3n) is 2.93. The number of rotatable bonds is 10. The minimum Gasteiger partial charge on any atom is -0.351 e. The van der Waals surface area contributed by atoms with E-state index in [2.05, 4.69) is 12.2 Å². The fourth-order valence-electron chi connectivity index (χ4n) is 1.94. The number of ether oxygens (including phenoxy) is 2. The molecule has 1 atom stereocenters. The first-order valence-corrected chi connectivity index (χ1v) is 6.78. The van der Waals surface area contributed by atoms with Crippen molar-refractivity contribution in [3.63, 3.8) is 0 Å². The molecule has 0 spiro atoms. The molecule has 0 aromatic carbocycles. The standard InChI is InChI=1S/C13H27NO2/c1-4-9-14-12(10-11-7-8-11)13(15-5-2)16-6-3/h11-14H,4-10H2,1-3H3. The second-order valence-corrected chi connectivity index (χ2v) is 4.52. The van der Waals surface area contributed by atoms with E-state index in [4.69, 9.17) is 9.47 Å². The Balaban J connectivity index is 2.39. The van der Waals surface area contributed by atoms with E-state index in [-0.39, 0.29) is 6.29 Å². The van der Waals surface area contributed by atoms with Crippen molar-refractivity contribution in [2.45, 2.75) is 58.8 Å². The molecule has 0 aromatic heterocycles. The van der Waals surface area contributed by atoms with Gasteiger partial charge in [-0.25, -0.2) is 0 Å². The van der Waals surface area contributed by atoms with E-state index in [0.717, 1.165) is 32.1 Å². The summed E-state index contributed by atoms with van der Waals surface area (Å²) in [6.07, 6.45) is 5.06. The number of nitrogens with one attached hydrogen (secondary N) is 1. The van der Waals surface area contributed by atoms with Crippen LogP contribution in [-0.4, -0.2) is 32.1 Å². The maximum Gasteiger partial charge on any atom is 0.172 e. The van der Waals surface area contributed by atoms with Gasteiger partial charge >= 0.3 is 0 Å². The second-order valence-electron chi connectivity index (χ2n) is 4.52. The zero-order valence-corrected chi connectivity index (χ0v) is 11.0. The van der Waals surface area contributed by atoms with Crippen LogP contribution >= 0.6 is 0 Å². The van der Waals surface area contributed by atoms with Crippen LogP contribution in [0.5, 0.6) is 0 Å². The molecule has 0 radical (unpaired) electrons. The normalized spacial score (nSPS) is 18.0. The Morgan fingerprint density at radius 2 is 1.75 bits per heavy atom. The van der Waals surface area contributed by atoms with Crippen molar-refractivity contribution in [2.75, 3.05) is 19.8 Å². The summed E-state index contributed by atoms with van der Waals surface area (Å²) >= 11 is 0. The average molecular weight is 229 g/mol. The van der Waals surface area contributed by atoms with E-state index < -0.39 is 0 Å². The van der Waals surface area contributed by atoms with Crippen molar-refractivity contribution >= 4 is 0 Å². The lowest BCUT2D eigenvalue weighted by Crippen LogP contribution is -2.43. The lowest BCUT2D eigenvalue weighted by Gasteiger charge is -2.27. The van der Waals surface area contributed by atoms with Crippen LogP contribution in [0.4, 0.5) is 0 Å². The molecule has 1 rings (SSSR count). The van der Waals surface area contributed by atoms with E-state index in [1.807, 2.05) is 13.8 Å². The molecule has 1 aliphatic rings. The van der Waals surface area contributed by atoms with Gasteiger partial charge in [-0.05, 0) is 39.2 Å². The Hall–Kier alpha value is -0.120. The molecular weight excluding hydrogens is 202 g/mol. The topological polar surface area (TPSA) is 30.5 Å². The highest BCUT2D eigenvalue weighted by molar-refractivity contribution is 4.82. The zero-order chi connectivity index (χ0) is 11.8. The maximum absolute atomic E-state index is 5.69. The molecule has 96 valence electrons. The lowest BCUT2D eigenvalue weighted by atomic mass is 10.1. The quantitative estimate of drug-likeness (QED) is 0.584. The van der Waals surface area contributed by atoms with Crippen molar-refractivity contribution in [1.82, 2.24) is 5.32 Å². The molecule has 16 heavy (non-hydrogen) atoms. The monoisotopic (exact) mass is 229 g/mol. The molecule has 1 aliphatic carbocycles. The summed E-state index contributed by atoms with van der Waals surface area (Å²) in [6, 6.07) is 0.368. The lowest BCUT2D eigenvalue weighted by molar-refractivity contribution is -0.155. The Morgan fingerprint density at radius 3 is 2.19 bits per heavy atom. The van der Waals surface area contributed by atoms with Crippen LogP contribution in [0.1, 0.15) is 46.5 Å². The van der Waals surface area contributed by atoms with Gasteiger partial charge in [-0.1, -0.05) is 19.8 Å². The first kappa shape index (κ1) is 13.9. The van der Waals surface area contributed by atoms with E-state index in [1.165, 1.54) is 19.3 Å². The van der Waals surface area contributed by atoms with E-state index in [9.17, 15) is 0 Å². The Bertz CT molecular complexity index is 165. The van der Waals surface area contributed by atoms with Gasteiger partial charge in [0.1, 0.15) is 0 Å². The summed E-state index contributed by atoms with van der Waals surface area (Å²) in [5.74, 6) is 0.901. The van der Waals surface area contributed by atoms with Crippen molar-refractivity contribution in [3.05, 3.63) is 0 Å². The van der Waals surface area contributed by atoms with Crippen molar-refractivity contribution in [2.24, 2.45) is 5.92 Å². The van der Waals surface area contributed by atoms with Gasteiger partial charge in [-0.2, -0.15) is 0 Å². The van der Waals surface area contributed by atoms with E-state index in [0.29, 0.717) is 6.04 Å². The molecule has 0 bridgehead atoms. The van der Waals surface area contributed by atoms with Gasteiger partial charge in [0, 0.05) is 13.2 Å². The smallest absolute Gasteiger partial charge is 0.172 e. The third-order valence-corrected chi connectivity index (χ3v) is 2.93. The fraction of sp³-hybridized carbons (Fsp3) is 1.00. The first-order valence-electron chi connectivity index (χ1n) is 6.78. The molecule has 3 heteroatoms. The first-order chi connectivity index (χ1) is 7.81. The second kappa shape index (κ2) is 8.04. The molecule has 0 saturated heterocycles. The molecule has 1 N–H and O–H groups in total. The maximum atomic E-state index is 5.69. The minimum absolute atomic E-state index is 0.0675. The van der Waals surface area contributed by atoms with Crippen molar-refractivity contribution < 1.29 is 9.47 Å². The van der Waals surface area contributed by atoms with Crippen LogP contribution in [-0.2, 0) is 9.47 Å². The van der Waals surface area contributed by atoms with Gasteiger partial charge in [0.15, 0.2) is 6.29 Å². The summed E-state index contributed by atoms with van der Waals surface area (Å²) in [5.41, 5.74) is 0. The van der Waals surface area contributed by atoms with E-state index in [1.54, 1.807) is 0 Å². The summed E-state index contributed by atoms with van der Waals surface area (Å²) in [4.78, 5) is 0. The largest absolute Gasteiger partial charge is 0.351 e. The molecule has 3 nitrogen and oxygen atoms in total. The molecule has 1 saturated carbocycles. The van der Waals surface area contributed by atoms with Crippen molar-refractivity contribution in [3.8, 4) is 0 Å². The predicted octanol–water partition coefficient (Wildman–Crippen LogP) is 2.55. The van der Waals surface area contributed by atoms with Crippen molar-refractivity contribution in [1.29, 1.82) is 0 Å². The molecule has 0 aromatic rings. The third kappa shape index (κ3) is 5.28. The average Bonchev–Trinajstić information content (AvgIpc) is 3.08. The van der Waals surface area contributed by atoms with Gasteiger partial charge in [0.2, 0.25) is 0 Å². The minimum atomic E-state index is -0.0675. The predicted molar refractivity (Wildman–Crippen MR) is 66.5 cm³/mol. The van der Waals surface area contributed by atoms with Gasteiger partial charge in [-0.3, -0.25) is 0 Å². The molecule has 1 fully saturated rings. The Kier molecular flexibility index (Phi) is 7.01. The van der Waals surface area contributed by atoms with Crippen LogP contribution in [0.2, 0.25) is 0 Å². The highest BCUT2D eigenvalue weighted by Gasteiger charge is 2.30. The molecule has 0 aliphatic heterocycles. The summed E-state index contributed by atoms with van der Waals surface area (Å²) in [7, 11) is 0. The highest BCUT2D eigenvalue weighted by atomic mass is 16.7. The highest BCUT2D eigenvalue weighted by Crippen LogP contribution is 2.34. The van der Waals surface area contributed by atoms with Gasteiger partial charge < -0.3 is 14.8 Å². The molecule has 0 amide bonds. The number of hydrogen-bond acceptors (Lipinski definition) is 3. The van der Waals surface area contributed by atoms with Crippen LogP contribution < -0.4 is 5.32 Å². The molecule has 0 heterocycles. The fourth-order valence-corrected chi connectivity index (χ4v) is 1.94. The number of hydrogen-bond donors (Lipinski definition) is 1. The summed E-state index contributed by atoms with van der Waals surface area (Å²) < 4.78 is 11.4. The Morgan fingerprint density at radius 1 is 1.12 bits per heavy atom. The van der Waals surface area contributed by atoms with E-state index >= 15 is 0 Å². The van der Waals surface area contributed by atoms with Crippen LogP contribution in [0, 0.1) is 5.92 Å².